The van der Waals surface area contributed by atoms with Crippen molar-refractivity contribution in [2.75, 3.05) is 30.3 Å². The number of nitrogens with one attached hydrogen (secondary N) is 3. The molecule has 12 nitrogen and oxygen atoms in total. The molecule has 2 aliphatic rings. The average molecular weight is 587 g/mol. The Hall–Kier alpha value is -4.26. The summed E-state index contributed by atoms with van der Waals surface area (Å²) in [7, 11) is 0. The first kappa shape index (κ1) is 28.8. The van der Waals surface area contributed by atoms with E-state index in [-0.39, 0.29) is 30.5 Å². The molecule has 1 amide bonds. The highest BCUT2D eigenvalue weighted by Crippen LogP contribution is 2.28. The Morgan fingerprint density at radius 2 is 1.84 bits per heavy atom. The van der Waals surface area contributed by atoms with Crippen LogP contribution in [0.4, 0.5) is 11.8 Å². The molecule has 2 aromatic heterocycles. The van der Waals surface area contributed by atoms with E-state index in [0.717, 1.165) is 19.3 Å². The maximum atomic E-state index is 12.3. The number of amides is 1. The first-order valence-corrected chi connectivity index (χ1v) is 14.9. The molecular formula is C31H38N8O4. The molecule has 6 N–H and O–H groups in total. The van der Waals surface area contributed by atoms with E-state index in [2.05, 4.69) is 45.2 Å². The van der Waals surface area contributed by atoms with Gasteiger partial charge in [0.1, 0.15) is 12.4 Å². The van der Waals surface area contributed by atoms with E-state index < -0.39 is 18.3 Å². The van der Waals surface area contributed by atoms with Crippen LogP contribution in [0.2, 0.25) is 0 Å². The second kappa shape index (κ2) is 12.9. The van der Waals surface area contributed by atoms with Gasteiger partial charge >= 0.3 is 0 Å². The zero-order valence-electron chi connectivity index (χ0n) is 24.1. The van der Waals surface area contributed by atoms with Crippen molar-refractivity contribution in [3.8, 4) is 0 Å². The normalized spacial score (nSPS) is 23.5. The lowest BCUT2D eigenvalue weighted by atomic mass is 9.91. The quantitative estimate of drug-likeness (QED) is 0.176. The van der Waals surface area contributed by atoms with Gasteiger partial charge in [-0.1, -0.05) is 60.7 Å². The monoisotopic (exact) mass is 586 g/mol. The Balaban J connectivity index is 1.30. The SMILES string of the molecule is CCNC(=O)[C@H]1OC[C@H](On2cnc3c(NCC(c4ccccc4)c4ccccc4)nc(NC4CCCC4N)nc32)[C@@H]1O. The van der Waals surface area contributed by atoms with E-state index in [0.29, 0.717) is 36.0 Å². The zero-order valence-corrected chi connectivity index (χ0v) is 24.1. The largest absolute Gasteiger partial charge is 0.402 e. The van der Waals surface area contributed by atoms with Gasteiger partial charge in [-0.25, -0.2) is 4.98 Å². The first-order valence-electron chi connectivity index (χ1n) is 14.9. The van der Waals surface area contributed by atoms with Gasteiger partial charge in [0.2, 0.25) is 11.6 Å². The Labute approximate surface area is 250 Å². The summed E-state index contributed by atoms with van der Waals surface area (Å²) in [5.41, 5.74) is 9.62. The molecule has 12 heteroatoms. The van der Waals surface area contributed by atoms with Gasteiger partial charge in [0.25, 0.3) is 5.91 Å². The van der Waals surface area contributed by atoms with Crippen molar-refractivity contribution in [2.45, 2.75) is 62.5 Å². The van der Waals surface area contributed by atoms with Crippen LogP contribution in [0, 0.1) is 0 Å². The Morgan fingerprint density at radius 1 is 1.12 bits per heavy atom. The van der Waals surface area contributed by atoms with Gasteiger partial charge in [-0.15, -0.1) is 0 Å². The van der Waals surface area contributed by atoms with Crippen LogP contribution in [-0.4, -0.2) is 80.8 Å². The van der Waals surface area contributed by atoms with Crippen molar-refractivity contribution in [1.29, 1.82) is 0 Å². The number of anilines is 2. The van der Waals surface area contributed by atoms with Crippen LogP contribution >= 0.6 is 0 Å². The summed E-state index contributed by atoms with van der Waals surface area (Å²) >= 11 is 0. The van der Waals surface area contributed by atoms with Crippen molar-refractivity contribution < 1.29 is 19.5 Å². The van der Waals surface area contributed by atoms with Gasteiger partial charge in [0, 0.05) is 31.1 Å². The number of likely N-dealkylation sites (N-methyl/N-ethyl adjacent to an activating group) is 1. The number of aromatic nitrogens is 4. The van der Waals surface area contributed by atoms with E-state index >= 15 is 0 Å². The topological polar surface area (TPSA) is 161 Å². The first-order chi connectivity index (χ1) is 21.0. The number of imidazole rings is 1. The zero-order chi connectivity index (χ0) is 29.8. The fourth-order valence-electron chi connectivity index (χ4n) is 5.81. The lowest BCUT2D eigenvalue weighted by molar-refractivity contribution is -0.134. The van der Waals surface area contributed by atoms with E-state index in [1.54, 1.807) is 0 Å². The number of carbonyl (C=O) groups excluding carboxylic acids is 1. The van der Waals surface area contributed by atoms with Crippen LogP contribution < -0.4 is 26.5 Å². The molecule has 226 valence electrons. The minimum Gasteiger partial charge on any atom is -0.402 e. The van der Waals surface area contributed by atoms with Gasteiger partial charge in [0.05, 0.1) is 6.61 Å². The van der Waals surface area contributed by atoms with Crippen molar-refractivity contribution in [3.63, 3.8) is 0 Å². The summed E-state index contributed by atoms with van der Waals surface area (Å²) in [5.74, 6) is 0.627. The molecule has 1 saturated heterocycles. The second-order valence-corrected chi connectivity index (χ2v) is 11.0. The van der Waals surface area contributed by atoms with Crippen LogP contribution in [0.3, 0.4) is 0 Å². The molecule has 3 heterocycles. The minimum atomic E-state index is -1.16. The second-order valence-electron chi connectivity index (χ2n) is 11.0. The Bertz CT molecular complexity index is 1480. The van der Waals surface area contributed by atoms with Crippen LogP contribution in [0.15, 0.2) is 67.0 Å². The lowest BCUT2D eigenvalue weighted by Gasteiger charge is -2.21. The van der Waals surface area contributed by atoms with Crippen LogP contribution in [-0.2, 0) is 9.53 Å². The maximum Gasteiger partial charge on any atom is 0.251 e. The van der Waals surface area contributed by atoms with Crippen LogP contribution in [0.5, 0.6) is 0 Å². The molecule has 5 atom stereocenters. The van der Waals surface area contributed by atoms with E-state index in [1.165, 1.54) is 22.2 Å². The summed E-state index contributed by atoms with van der Waals surface area (Å²) in [5, 5.41) is 20.4. The number of hydrogen-bond acceptors (Lipinski definition) is 10. The molecule has 0 radical (unpaired) electrons. The van der Waals surface area contributed by atoms with Gasteiger partial charge in [0.15, 0.2) is 23.5 Å². The number of rotatable bonds is 11. The molecule has 4 aromatic rings. The molecule has 2 unspecified atom stereocenters. The maximum absolute atomic E-state index is 12.3. The fraction of sp³-hybridized carbons (Fsp3) is 0.419. The molecule has 1 saturated carbocycles. The molecular weight excluding hydrogens is 548 g/mol. The highest BCUT2D eigenvalue weighted by molar-refractivity contribution is 5.84. The number of ether oxygens (including phenoxy) is 1. The van der Waals surface area contributed by atoms with Gasteiger partial charge in [-0.3, -0.25) is 4.79 Å². The van der Waals surface area contributed by atoms with Gasteiger partial charge < -0.3 is 36.4 Å². The van der Waals surface area contributed by atoms with Crippen molar-refractivity contribution >= 4 is 28.8 Å². The predicted molar refractivity (Wildman–Crippen MR) is 163 cm³/mol. The van der Waals surface area contributed by atoms with E-state index in [1.807, 2.05) is 43.3 Å². The van der Waals surface area contributed by atoms with E-state index in [9.17, 15) is 9.90 Å². The lowest BCUT2D eigenvalue weighted by Crippen LogP contribution is -2.45. The molecule has 2 aromatic carbocycles. The number of nitrogens with zero attached hydrogens (tertiary/aromatic N) is 4. The Morgan fingerprint density at radius 3 is 2.49 bits per heavy atom. The van der Waals surface area contributed by atoms with Crippen LogP contribution in [0.1, 0.15) is 43.2 Å². The molecule has 6 rings (SSSR count). The number of aliphatic hydroxyl groups is 1. The van der Waals surface area contributed by atoms with E-state index in [4.69, 9.17) is 25.3 Å². The number of nitrogens with two attached hydrogens (primary N) is 1. The third kappa shape index (κ3) is 6.26. The average Bonchev–Trinajstić information content (AvgIpc) is 3.73. The molecule has 43 heavy (non-hydrogen) atoms. The Kier molecular flexibility index (Phi) is 8.68. The van der Waals surface area contributed by atoms with Crippen molar-refractivity contribution in [1.82, 2.24) is 25.0 Å². The molecule has 1 aliphatic carbocycles. The number of fused-ring (bicyclic) bond motifs is 1. The van der Waals surface area contributed by atoms with Gasteiger partial charge in [-0.2, -0.15) is 14.7 Å². The molecule has 2 fully saturated rings. The third-order valence-electron chi connectivity index (χ3n) is 8.12. The number of aliphatic hydroxyl groups excluding tert-OH is 1. The van der Waals surface area contributed by atoms with Crippen molar-refractivity contribution in [3.05, 3.63) is 78.1 Å². The minimum absolute atomic E-state index is 0.00870. The summed E-state index contributed by atoms with van der Waals surface area (Å²) in [4.78, 5) is 32.6. The molecule has 0 spiro atoms. The number of hydrogen-bond donors (Lipinski definition) is 5. The van der Waals surface area contributed by atoms with Crippen LogP contribution in [0.25, 0.3) is 11.2 Å². The summed E-state index contributed by atoms with van der Waals surface area (Å²) in [6.45, 7) is 2.84. The fourth-order valence-corrected chi connectivity index (χ4v) is 5.81. The molecule has 0 bridgehead atoms. The van der Waals surface area contributed by atoms with Gasteiger partial charge in [-0.05, 0) is 37.3 Å². The molecule has 1 aliphatic heterocycles. The number of carbonyl (C=O) groups is 1. The highest BCUT2D eigenvalue weighted by Gasteiger charge is 2.42. The van der Waals surface area contributed by atoms with Crippen molar-refractivity contribution in [2.24, 2.45) is 5.73 Å². The summed E-state index contributed by atoms with van der Waals surface area (Å²) in [6, 6.07) is 20.7. The predicted octanol–water partition coefficient (Wildman–Crippen LogP) is 2.06. The third-order valence-corrected chi connectivity index (χ3v) is 8.12. The summed E-state index contributed by atoms with van der Waals surface area (Å²) in [6.07, 6.45) is 1.43. The standard InChI is InChI=1S/C31H38N8O4/c1-2-33-30(41)27-26(40)24(17-42-27)43-39-18-35-25-28(37-31(38-29(25)39)36-23-15-9-14-22(23)32)34-16-21(19-10-5-3-6-11-19)20-12-7-4-8-13-20/h3-8,10-13,18,21-24,26-27,40H,2,9,14-17,32H2,1H3,(H,33,41)(H2,34,36,37,38)/t22?,23?,24-,26-,27-/m0/s1. The number of benzene rings is 2. The smallest absolute Gasteiger partial charge is 0.251 e. The summed E-state index contributed by atoms with van der Waals surface area (Å²) < 4.78 is 6.97. The highest BCUT2D eigenvalue weighted by atomic mass is 16.7.